The topological polar surface area (TPSA) is 154 Å². The summed E-state index contributed by atoms with van der Waals surface area (Å²) in [5.74, 6) is -0.923. The van der Waals surface area contributed by atoms with Crippen LogP contribution in [0.15, 0.2) is 23.3 Å². The fourth-order valence-electron chi connectivity index (χ4n) is 2.02. The molecular weight excluding hydrogens is 332 g/mol. The van der Waals surface area contributed by atoms with Crippen LogP contribution in [0, 0.1) is 10.1 Å². The fourth-order valence-corrected chi connectivity index (χ4v) is 2.02. The number of carbonyl (C=O) groups is 2. The van der Waals surface area contributed by atoms with Crippen molar-refractivity contribution in [3.8, 4) is 5.75 Å². The fraction of sp³-hybridized carbons (Fsp3) is 0.400. The number of hydrogen-bond acceptors (Lipinski definition) is 7. The van der Waals surface area contributed by atoms with Crippen molar-refractivity contribution in [2.45, 2.75) is 38.5 Å². The molecule has 1 rings (SSSR count). The maximum absolute atomic E-state index is 11.6. The smallest absolute Gasteiger partial charge is 0.278 e. The minimum absolute atomic E-state index is 0.0764. The summed E-state index contributed by atoms with van der Waals surface area (Å²) in [6.45, 7) is 0. The molecule has 136 valence electrons. The number of amides is 2. The first-order valence-corrected chi connectivity index (χ1v) is 7.66. The highest BCUT2D eigenvalue weighted by molar-refractivity contribution is 5.87. The number of phenols is 1. The molecule has 10 heteroatoms. The van der Waals surface area contributed by atoms with Crippen molar-refractivity contribution in [3.63, 3.8) is 0 Å². The molecule has 2 amide bonds. The lowest BCUT2D eigenvalue weighted by Gasteiger charge is -2.01. The third-order valence-corrected chi connectivity index (χ3v) is 3.28. The number of benzene rings is 1. The van der Waals surface area contributed by atoms with Crippen LogP contribution in [0.4, 0.5) is 5.69 Å². The molecule has 0 saturated carbocycles. The molecule has 0 radical (unpaired) electrons. The predicted octanol–water partition coefficient (Wildman–Crippen LogP) is 1.60. The Hall–Kier alpha value is -3.01. The van der Waals surface area contributed by atoms with E-state index in [0.29, 0.717) is 12.8 Å². The quantitative estimate of drug-likeness (QED) is 0.165. The largest absolute Gasteiger partial charge is 0.508 e. The van der Waals surface area contributed by atoms with Gasteiger partial charge >= 0.3 is 0 Å². The first kappa shape index (κ1) is 20.0. The van der Waals surface area contributed by atoms with Crippen LogP contribution in [0.1, 0.15) is 44.1 Å². The molecular formula is C15H20N4O6. The first-order valence-electron chi connectivity index (χ1n) is 7.66. The molecule has 0 heterocycles. The summed E-state index contributed by atoms with van der Waals surface area (Å²) < 4.78 is 0. The minimum Gasteiger partial charge on any atom is -0.508 e. The van der Waals surface area contributed by atoms with E-state index in [1.165, 1.54) is 12.1 Å². The third-order valence-electron chi connectivity index (χ3n) is 3.28. The third kappa shape index (κ3) is 7.88. The molecule has 0 fully saturated rings. The summed E-state index contributed by atoms with van der Waals surface area (Å²) in [6.07, 6.45) is 4.28. The number of nitro groups is 1. The first-order chi connectivity index (χ1) is 11.9. The van der Waals surface area contributed by atoms with Gasteiger partial charge in [-0.05, 0) is 25.0 Å². The van der Waals surface area contributed by atoms with Crippen molar-refractivity contribution in [1.29, 1.82) is 0 Å². The Balaban J connectivity index is 2.32. The van der Waals surface area contributed by atoms with E-state index in [-0.39, 0.29) is 35.7 Å². The monoisotopic (exact) mass is 352 g/mol. The molecule has 1 aromatic rings. The van der Waals surface area contributed by atoms with E-state index in [1.807, 2.05) is 0 Å². The van der Waals surface area contributed by atoms with Gasteiger partial charge in [0.15, 0.2) is 0 Å². The second-order valence-electron chi connectivity index (χ2n) is 5.24. The van der Waals surface area contributed by atoms with E-state index < -0.39 is 10.8 Å². The highest BCUT2D eigenvalue weighted by Gasteiger charge is 2.12. The van der Waals surface area contributed by atoms with Crippen molar-refractivity contribution >= 4 is 23.7 Å². The number of hydrogen-bond donors (Lipinski definition) is 4. The number of hydrazone groups is 1. The summed E-state index contributed by atoms with van der Waals surface area (Å²) >= 11 is 0. The minimum atomic E-state index is -0.611. The molecule has 0 aromatic heterocycles. The summed E-state index contributed by atoms with van der Waals surface area (Å²) in [5.41, 5.74) is 3.66. The van der Waals surface area contributed by atoms with Crippen molar-refractivity contribution in [2.24, 2.45) is 5.10 Å². The van der Waals surface area contributed by atoms with E-state index in [1.54, 1.807) is 5.48 Å². The van der Waals surface area contributed by atoms with Gasteiger partial charge in [0.2, 0.25) is 11.8 Å². The van der Waals surface area contributed by atoms with Gasteiger partial charge in [0, 0.05) is 18.9 Å². The maximum Gasteiger partial charge on any atom is 0.278 e. The molecule has 0 saturated heterocycles. The zero-order valence-electron chi connectivity index (χ0n) is 13.5. The van der Waals surface area contributed by atoms with Gasteiger partial charge in [0.05, 0.1) is 16.7 Å². The second-order valence-corrected chi connectivity index (χ2v) is 5.24. The molecule has 25 heavy (non-hydrogen) atoms. The second kappa shape index (κ2) is 10.7. The highest BCUT2D eigenvalue weighted by atomic mass is 16.6. The van der Waals surface area contributed by atoms with Crippen LogP contribution in [0.2, 0.25) is 0 Å². The number of nitro benzene ring substituents is 1. The number of aromatic hydroxyl groups is 1. The van der Waals surface area contributed by atoms with Gasteiger partial charge in [-0.25, -0.2) is 10.9 Å². The highest BCUT2D eigenvalue weighted by Crippen LogP contribution is 2.21. The summed E-state index contributed by atoms with van der Waals surface area (Å²) in [6, 6.07) is 3.52. The molecule has 0 aliphatic carbocycles. The number of carbonyl (C=O) groups excluding carboxylic acids is 2. The van der Waals surface area contributed by atoms with Gasteiger partial charge in [-0.3, -0.25) is 24.9 Å². The molecule has 10 nitrogen and oxygen atoms in total. The van der Waals surface area contributed by atoms with Gasteiger partial charge in [-0.1, -0.05) is 12.8 Å². The average molecular weight is 352 g/mol. The number of rotatable bonds is 10. The number of nitrogens with zero attached hydrogens (tertiary/aromatic N) is 2. The van der Waals surface area contributed by atoms with Crippen molar-refractivity contribution in [1.82, 2.24) is 10.9 Å². The van der Waals surface area contributed by atoms with Crippen molar-refractivity contribution in [3.05, 3.63) is 33.9 Å². The molecule has 0 spiro atoms. The van der Waals surface area contributed by atoms with E-state index in [2.05, 4.69) is 10.5 Å². The lowest BCUT2D eigenvalue weighted by molar-refractivity contribution is -0.385. The van der Waals surface area contributed by atoms with E-state index in [4.69, 9.17) is 5.21 Å². The lowest BCUT2D eigenvalue weighted by Crippen LogP contribution is -2.18. The molecule has 0 unspecified atom stereocenters. The zero-order chi connectivity index (χ0) is 18.7. The van der Waals surface area contributed by atoms with E-state index in [9.17, 15) is 24.8 Å². The van der Waals surface area contributed by atoms with Gasteiger partial charge in [-0.15, -0.1) is 0 Å². The van der Waals surface area contributed by atoms with Crippen LogP contribution in [0.25, 0.3) is 0 Å². The summed E-state index contributed by atoms with van der Waals surface area (Å²) in [7, 11) is 0. The van der Waals surface area contributed by atoms with Crippen LogP contribution in [-0.2, 0) is 9.59 Å². The van der Waals surface area contributed by atoms with E-state index >= 15 is 0 Å². The van der Waals surface area contributed by atoms with Gasteiger partial charge in [0.25, 0.3) is 5.69 Å². The number of unbranched alkanes of at least 4 members (excludes halogenated alkanes) is 3. The SMILES string of the molecule is O=C(CCCCCCC(=O)N/N=C/c1cc(O)ccc1[N+](=O)[O-])NO. The van der Waals surface area contributed by atoms with Crippen molar-refractivity contribution in [2.75, 3.05) is 0 Å². The Morgan fingerprint density at radius 1 is 1.16 bits per heavy atom. The van der Waals surface area contributed by atoms with E-state index in [0.717, 1.165) is 25.1 Å². The Kier molecular flexibility index (Phi) is 8.58. The Labute approximate surface area is 143 Å². The van der Waals surface area contributed by atoms with Gasteiger partial charge < -0.3 is 5.11 Å². The van der Waals surface area contributed by atoms with Crippen LogP contribution < -0.4 is 10.9 Å². The Morgan fingerprint density at radius 2 is 1.80 bits per heavy atom. The van der Waals surface area contributed by atoms with Crippen LogP contribution >= 0.6 is 0 Å². The van der Waals surface area contributed by atoms with Gasteiger partial charge in [0.1, 0.15) is 5.75 Å². The van der Waals surface area contributed by atoms with Crippen LogP contribution in [0.5, 0.6) is 5.75 Å². The maximum atomic E-state index is 11.6. The molecule has 0 aliphatic heterocycles. The average Bonchev–Trinajstić information content (AvgIpc) is 2.57. The number of nitrogens with one attached hydrogen (secondary N) is 2. The molecule has 0 bridgehead atoms. The summed E-state index contributed by atoms with van der Waals surface area (Å²) in [4.78, 5) is 32.6. The molecule has 1 aromatic carbocycles. The van der Waals surface area contributed by atoms with Crippen LogP contribution in [0.3, 0.4) is 0 Å². The predicted molar refractivity (Wildman–Crippen MR) is 88.1 cm³/mol. The van der Waals surface area contributed by atoms with Crippen LogP contribution in [-0.4, -0.2) is 33.3 Å². The molecule has 4 N–H and O–H groups in total. The normalized spacial score (nSPS) is 10.6. The number of phenolic OH excluding ortho intramolecular Hbond substituents is 1. The molecule has 0 aliphatic rings. The number of hydroxylamine groups is 1. The summed E-state index contributed by atoms with van der Waals surface area (Å²) in [5, 5.41) is 32.2. The Morgan fingerprint density at radius 3 is 2.40 bits per heavy atom. The lowest BCUT2D eigenvalue weighted by atomic mass is 10.1. The molecule has 0 atom stereocenters. The zero-order valence-corrected chi connectivity index (χ0v) is 13.5. The Bertz CT molecular complexity index is 647. The standard InChI is InChI=1S/C15H20N4O6/c20-12-7-8-13(19(24)25)11(9-12)10-16-17-14(21)5-3-1-2-4-6-15(22)18-23/h7-10,20,23H,1-6H2,(H,17,21)(H,18,22)/b16-10+. The van der Waals surface area contributed by atoms with Crippen molar-refractivity contribution < 1.29 is 24.8 Å². The van der Waals surface area contributed by atoms with Gasteiger partial charge in [-0.2, -0.15) is 5.10 Å².